The zero-order valence-corrected chi connectivity index (χ0v) is 11.8. The number of amides is 1. The molecule has 0 bridgehead atoms. The van der Waals surface area contributed by atoms with Gasteiger partial charge >= 0.3 is 5.97 Å². The lowest BCUT2D eigenvalue weighted by Gasteiger charge is -2.16. The number of nitrogens with one attached hydrogen (secondary N) is 1. The van der Waals surface area contributed by atoms with E-state index >= 15 is 0 Å². The fourth-order valence-electron chi connectivity index (χ4n) is 2.66. The lowest BCUT2D eigenvalue weighted by atomic mass is 10.0. The number of carboxylic acids is 1. The molecule has 1 aliphatic carbocycles. The predicted molar refractivity (Wildman–Crippen MR) is 76.9 cm³/mol. The quantitative estimate of drug-likeness (QED) is 0.833. The van der Waals surface area contributed by atoms with Crippen molar-refractivity contribution in [1.82, 2.24) is 5.32 Å². The molecule has 2 rings (SSSR count). The van der Waals surface area contributed by atoms with Gasteiger partial charge in [-0.3, -0.25) is 4.79 Å². The zero-order valence-electron chi connectivity index (χ0n) is 11.8. The van der Waals surface area contributed by atoms with Crippen LogP contribution in [-0.2, 0) is 0 Å². The number of rotatable bonds is 3. The number of benzene rings is 1. The first-order valence-corrected chi connectivity index (χ1v) is 7.20. The maximum Gasteiger partial charge on any atom is 0.335 e. The van der Waals surface area contributed by atoms with Gasteiger partial charge in [-0.25, -0.2) is 4.79 Å². The standard InChI is InChI=1S/C16H21NO3/c1-11-3-2-4-14(10-5-11)17-15(18)12-6-8-13(9-7-12)16(19)20/h6-9,11,14H,2-5,10H2,1H3,(H,17,18)(H,19,20). The van der Waals surface area contributed by atoms with Crippen LogP contribution in [0.15, 0.2) is 24.3 Å². The van der Waals surface area contributed by atoms with E-state index in [0.29, 0.717) is 5.56 Å². The van der Waals surface area contributed by atoms with E-state index in [4.69, 9.17) is 5.11 Å². The van der Waals surface area contributed by atoms with Crippen molar-refractivity contribution in [3.63, 3.8) is 0 Å². The predicted octanol–water partition coefficient (Wildman–Crippen LogP) is 3.08. The lowest BCUT2D eigenvalue weighted by molar-refractivity contribution is 0.0696. The van der Waals surface area contributed by atoms with Gasteiger partial charge < -0.3 is 10.4 Å². The van der Waals surface area contributed by atoms with Gasteiger partial charge in [0.2, 0.25) is 0 Å². The van der Waals surface area contributed by atoms with E-state index in [-0.39, 0.29) is 17.5 Å². The maximum absolute atomic E-state index is 12.1. The van der Waals surface area contributed by atoms with Crippen molar-refractivity contribution in [1.29, 1.82) is 0 Å². The van der Waals surface area contributed by atoms with E-state index in [9.17, 15) is 9.59 Å². The highest BCUT2D eigenvalue weighted by Crippen LogP contribution is 2.22. The van der Waals surface area contributed by atoms with Gasteiger partial charge in [-0.15, -0.1) is 0 Å². The summed E-state index contributed by atoms with van der Waals surface area (Å²) in [5.74, 6) is -0.344. The van der Waals surface area contributed by atoms with Crippen molar-refractivity contribution >= 4 is 11.9 Å². The molecule has 0 radical (unpaired) electrons. The average Bonchev–Trinajstić information content (AvgIpc) is 2.64. The molecular formula is C16H21NO3. The van der Waals surface area contributed by atoms with Crippen LogP contribution in [0.25, 0.3) is 0 Å². The SMILES string of the molecule is CC1CCCC(NC(=O)c2ccc(C(=O)O)cc2)CC1. The van der Waals surface area contributed by atoms with Crippen LogP contribution in [0.3, 0.4) is 0 Å². The molecule has 2 atom stereocenters. The number of carboxylic acid groups (broad SMARTS) is 1. The third-order valence-corrected chi connectivity index (χ3v) is 3.99. The summed E-state index contributed by atoms with van der Waals surface area (Å²) in [6, 6.07) is 6.31. The summed E-state index contributed by atoms with van der Waals surface area (Å²) in [6.07, 6.45) is 5.61. The molecule has 1 aromatic carbocycles. The molecule has 0 saturated heterocycles. The van der Waals surface area contributed by atoms with Gasteiger partial charge in [0.15, 0.2) is 0 Å². The van der Waals surface area contributed by atoms with Crippen LogP contribution in [0.4, 0.5) is 0 Å². The molecule has 1 amide bonds. The third kappa shape index (κ3) is 3.83. The van der Waals surface area contributed by atoms with Crippen molar-refractivity contribution in [2.45, 2.75) is 45.1 Å². The topological polar surface area (TPSA) is 66.4 Å². The molecule has 20 heavy (non-hydrogen) atoms. The van der Waals surface area contributed by atoms with Crippen LogP contribution < -0.4 is 5.32 Å². The van der Waals surface area contributed by atoms with Crippen molar-refractivity contribution < 1.29 is 14.7 Å². The normalized spacial score (nSPS) is 22.9. The number of aromatic carboxylic acids is 1. The number of hydrogen-bond donors (Lipinski definition) is 2. The Kier molecular flexibility index (Phi) is 4.77. The summed E-state index contributed by atoms with van der Waals surface area (Å²) < 4.78 is 0. The Bertz CT molecular complexity index is 481. The van der Waals surface area contributed by atoms with Crippen LogP contribution in [0.5, 0.6) is 0 Å². The Morgan fingerprint density at radius 2 is 1.70 bits per heavy atom. The van der Waals surface area contributed by atoms with Gasteiger partial charge in [-0.2, -0.15) is 0 Å². The van der Waals surface area contributed by atoms with Gasteiger partial charge in [0.25, 0.3) is 5.91 Å². The second-order valence-corrected chi connectivity index (χ2v) is 5.67. The minimum atomic E-state index is -0.977. The summed E-state index contributed by atoms with van der Waals surface area (Å²) in [5, 5.41) is 11.9. The summed E-state index contributed by atoms with van der Waals surface area (Å²) in [7, 11) is 0. The van der Waals surface area contributed by atoms with Gasteiger partial charge in [0.1, 0.15) is 0 Å². The molecule has 2 unspecified atom stereocenters. The summed E-state index contributed by atoms with van der Waals surface area (Å²) in [6.45, 7) is 2.26. The Labute approximate surface area is 119 Å². The minimum Gasteiger partial charge on any atom is -0.478 e. The van der Waals surface area contributed by atoms with E-state index in [1.165, 1.54) is 18.6 Å². The first-order chi connectivity index (χ1) is 9.56. The molecule has 0 aromatic heterocycles. The molecule has 0 heterocycles. The van der Waals surface area contributed by atoms with E-state index in [1.807, 2.05) is 0 Å². The van der Waals surface area contributed by atoms with E-state index < -0.39 is 5.97 Å². The highest BCUT2D eigenvalue weighted by Gasteiger charge is 2.18. The molecular weight excluding hydrogens is 254 g/mol. The Morgan fingerprint density at radius 1 is 1.05 bits per heavy atom. The molecule has 1 saturated carbocycles. The first kappa shape index (κ1) is 14.6. The highest BCUT2D eigenvalue weighted by atomic mass is 16.4. The molecule has 4 nitrogen and oxygen atoms in total. The molecule has 1 fully saturated rings. The zero-order chi connectivity index (χ0) is 14.5. The Morgan fingerprint density at radius 3 is 2.35 bits per heavy atom. The molecule has 1 aliphatic rings. The largest absolute Gasteiger partial charge is 0.478 e. The Hall–Kier alpha value is -1.84. The van der Waals surface area contributed by atoms with Gasteiger partial charge in [-0.1, -0.05) is 19.8 Å². The molecule has 2 N–H and O–H groups in total. The second-order valence-electron chi connectivity index (χ2n) is 5.67. The molecule has 0 aliphatic heterocycles. The van der Waals surface area contributed by atoms with E-state index in [2.05, 4.69) is 12.2 Å². The van der Waals surface area contributed by atoms with Crippen LogP contribution in [0.2, 0.25) is 0 Å². The smallest absolute Gasteiger partial charge is 0.335 e. The first-order valence-electron chi connectivity index (χ1n) is 7.20. The van der Waals surface area contributed by atoms with Crippen molar-refractivity contribution in [2.75, 3.05) is 0 Å². The van der Waals surface area contributed by atoms with Crippen LogP contribution >= 0.6 is 0 Å². The fourth-order valence-corrected chi connectivity index (χ4v) is 2.66. The summed E-state index contributed by atoms with van der Waals surface area (Å²) in [4.78, 5) is 22.9. The minimum absolute atomic E-state index is 0.110. The molecule has 1 aromatic rings. The van der Waals surface area contributed by atoms with Crippen molar-refractivity contribution in [3.05, 3.63) is 35.4 Å². The maximum atomic E-state index is 12.1. The molecule has 108 valence electrons. The number of hydrogen-bond acceptors (Lipinski definition) is 2. The van der Waals surface area contributed by atoms with Gasteiger partial charge in [0.05, 0.1) is 5.56 Å². The van der Waals surface area contributed by atoms with Gasteiger partial charge in [-0.05, 0) is 49.4 Å². The average molecular weight is 275 g/mol. The van der Waals surface area contributed by atoms with Gasteiger partial charge in [0, 0.05) is 11.6 Å². The second kappa shape index (κ2) is 6.55. The fraction of sp³-hybridized carbons (Fsp3) is 0.500. The van der Waals surface area contributed by atoms with Crippen LogP contribution in [0.1, 0.15) is 59.7 Å². The van der Waals surface area contributed by atoms with E-state index in [0.717, 1.165) is 31.6 Å². The third-order valence-electron chi connectivity index (χ3n) is 3.99. The number of carbonyl (C=O) groups is 2. The number of carbonyl (C=O) groups excluding carboxylic acids is 1. The van der Waals surface area contributed by atoms with E-state index in [1.54, 1.807) is 12.1 Å². The van der Waals surface area contributed by atoms with Crippen LogP contribution in [0, 0.1) is 5.92 Å². The van der Waals surface area contributed by atoms with Crippen LogP contribution in [-0.4, -0.2) is 23.0 Å². The monoisotopic (exact) mass is 275 g/mol. The highest BCUT2D eigenvalue weighted by molar-refractivity contribution is 5.96. The summed E-state index contributed by atoms with van der Waals surface area (Å²) >= 11 is 0. The van der Waals surface area contributed by atoms with Crippen molar-refractivity contribution in [3.8, 4) is 0 Å². The van der Waals surface area contributed by atoms with Crippen molar-refractivity contribution in [2.24, 2.45) is 5.92 Å². The molecule has 4 heteroatoms. The summed E-state index contributed by atoms with van der Waals surface area (Å²) in [5.41, 5.74) is 0.720. The lowest BCUT2D eigenvalue weighted by Crippen LogP contribution is -2.34. The molecule has 0 spiro atoms. The Balaban J connectivity index is 1.95.